The van der Waals surface area contributed by atoms with Crippen molar-refractivity contribution >= 4 is 43.5 Å². The van der Waals surface area contributed by atoms with E-state index in [1.54, 1.807) is 24.0 Å². The summed E-state index contributed by atoms with van der Waals surface area (Å²) in [5.74, 6) is 1.29. The Morgan fingerprint density at radius 2 is 2.20 bits per heavy atom. The monoisotopic (exact) mass is 381 g/mol. The van der Waals surface area contributed by atoms with E-state index in [0.29, 0.717) is 16.8 Å². The second-order valence-electron chi connectivity index (χ2n) is 4.33. The molecule has 0 aliphatic carbocycles. The number of thioether (sulfide) groups is 1. The molecule has 1 atom stereocenters. The molecule has 1 aromatic heterocycles. The van der Waals surface area contributed by atoms with Crippen molar-refractivity contribution in [3.8, 4) is 0 Å². The summed E-state index contributed by atoms with van der Waals surface area (Å²) in [5, 5.41) is 2.97. The van der Waals surface area contributed by atoms with Crippen LogP contribution in [0.25, 0.3) is 0 Å². The second-order valence-corrected chi connectivity index (χ2v) is 7.92. The van der Waals surface area contributed by atoms with Crippen molar-refractivity contribution in [3.05, 3.63) is 16.7 Å². The average Bonchev–Trinajstić information content (AvgIpc) is 2.38. The molecule has 0 spiro atoms. The molecule has 8 heteroatoms. The van der Waals surface area contributed by atoms with E-state index in [4.69, 9.17) is 0 Å². The van der Waals surface area contributed by atoms with Crippen LogP contribution in [-0.2, 0) is 10.0 Å². The summed E-state index contributed by atoms with van der Waals surface area (Å²) in [5.41, 5.74) is 0. The van der Waals surface area contributed by atoms with Crippen molar-refractivity contribution < 1.29 is 8.42 Å². The minimum atomic E-state index is -3.58. The Hall–Kier alpha value is -0.310. The van der Waals surface area contributed by atoms with Crippen molar-refractivity contribution in [2.24, 2.45) is 0 Å². The molecule has 2 N–H and O–H groups in total. The summed E-state index contributed by atoms with van der Waals surface area (Å²) < 4.78 is 28.2. The van der Waals surface area contributed by atoms with E-state index < -0.39 is 10.0 Å². The lowest BCUT2D eigenvalue weighted by Gasteiger charge is -2.16. The number of aromatic nitrogens is 1. The third kappa shape index (κ3) is 5.23. The largest absolute Gasteiger partial charge is 0.369 e. The molecule has 0 amide bonds. The van der Waals surface area contributed by atoms with Crippen LogP contribution in [0.4, 0.5) is 5.82 Å². The lowest BCUT2D eigenvalue weighted by Crippen LogP contribution is -2.33. The highest BCUT2D eigenvalue weighted by molar-refractivity contribution is 9.10. The van der Waals surface area contributed by atoms with Gasteiger partial charge in [-0.05, 0) is 54.3 Å². The maximum Gasteiger partial charge on any atom is 0.244 e. The van der Waals surface area contributed by atoms with E-state index in [-0.39, 0.29) is 10.9 Å². The molecule has 1 aromatic rings. The first-order valence-electron chi connectivity index (χ1n) is 6.31. The van der Waals surface area contributed by atoms with Crippen LogP contribution < -0.4 is 10.0 Å². The first-order valence-corrected chi connectivity index (χ1v) is 9.98. The number of halogens is 1. The Labute approximate surface area is 133 Å². The Kier molecular flexibility index (Phi) is 7.28. The van der Waals surface area contributed by atoms with Gasteiger partial charge in [-0.15, -0.1) is 0 Å². The van der Waals surface area contributed by atoms with E-state index in [1.807, 2.05) is 20.1 Å². The van der Waals surface area contributed by atoms with Crippen molar-refractivity contribution in [2.75, 3.05) is 23.9 Å². The van der Waals surface area contributed by atoms with Crippen molar-refractivity contribution in [1.29, 1.82) is 0 Å². The number of nitrogens with one attached hydrogen (secondary N) is 2. The van der Waals surface area contributed by atoms with E-state index in [2.05, 4.69) is 31.0 Å². The molecular weight excluding hydrogens is 362 g/mol. The van der Waals surface area contributed by atoms with Gasteiger partial charge in [0.1, 0.15) is 10.7 Å². The molecule has 114 valence electrons. The zero-order valence-electron chi connectivity index (χ0n) is 11.8. The molecule has 0 saturated heterocycles. The second kappa shape index (κ2) is 8.21. The van der Waals surface area contributed by atoms with E-state index in [0.717, 1.165) is 12.2 Å². The fourth-order valence-corrected chi connectivity index (χ4v) is 4.12. The van der Waals surface area contributed by atoms with Crippen LogP contribution in [0.5, 0.6) is 0 Å². The summed E-state index contributed by atoms with van der Waals surface area (Å²) in [6.07, 6.45) is 4.37. The van der Waals surface area contributed by atoms with Crippen molar-refractivity contribution in [3.63, 3.8) is 0 Å². The molecule has 0 saturated carbocycles. The number of anilines is 1. The summed E-state index contributed by atoms with van der Waals surface area (Å²) >= 11 is 4.96. The molecule has 20 heavy (non-hydrogen) atoms. The Bertz CT molecular complexity index is 538. The van der Waals surface area contributed by atoms with Crippen LogP contribution in [0.3, 0.4) is 0 Å². The van der Waals surface area contributed by atoms with Crippen molar-refractivity contribution in [2.45, 2.75) is 31.2 Å². The summed E-state index contributed by atoms with van der Waals surface area (Å²) in [6, 6.07) is 1.45. The molecule has 5 nitrogen and oxygen atoms in total. The van der Waals surface area contributed by atoms with Gasteiger partial charge in [0.25, 0.3) is 0 Å². The van der Waals surface area contributed by atoms with Gasteiger partial charge < -0.3 is 5.32 Å². The molecule has 0 aromatic carbocycles. The van der Waals surface area contributed by atoms with Gasteiger partial charge in [-0.25, -0.2) is 18.1 Å². The SMILES string of the molecule is CCNc1ncc(Br)cc1S(=O)(=O)NC(C)CCSC. The number of sulfonamides is 1. The Balaban J connectivity index is 2.99. The smallest absolute Gasteiger partial charge is 0.244 e. The number of nitrogens with zero attached hydrogens (tertiary/aromatic N) is 1. The minimum Gasteiger partial charge on any atom is -0.369 e. The maximum absolute atomic E-state index is 12.4. The first-order chi connectivity index (χ1) is 9.40. The fraction of sp³-hybridized carbons (Fsp3) is 0.583. The molecule has 1 unspecified atom stereocenters. The highest BCUT2D eigenvalue weighted by Crippen LogP contribution is 2.23. The number of hydrogen-bond acceptors (Lipinski definition) is 5. The number of rotatable bonds is 8. The zero-order chi connectivity index (χ0) is 15.2. The standard InChI is InChI=1S/C12H20BrN3O2S2/c1-4-14-12-11(7-10(13)8-15-12)20(17,18)16-9(2)5-6-19-3/h7-9,16H,4-6H2,1-3H3,(H,14,15). The van der Waals surface area contributed by atoms with E-state index in [9.17, 15) is 8.42 Å². The minimum absolute atomic E-state index is 0.110. The van der Waals surface area contributed by atoms with Gasteiger partial charge in [-0.3, -0.25) is 0 Å². The summed E-state index contributed by atoms with van der Waals surface area (Å²) in [7, 11) is -3.58. The summed E-state index contributed by atoms with van der Waals surface area (Å²) in [6.45, 7) is 4.37. The molecule has 0 bridgehead atoms. The fourth-order valence-electron chi connectivity index (χ4n) is 1.61. The normalized spacial score (nSPS) is 13.2. The first kappa shape index (κ1) is 17.7. The lowest BCUT2D eigenvalue weighted by atomic mass is 10.3. The topological polar surface area (TPSA) is 71.1 Å². The molecule has 1 rings (SSSR count). The Morgan fingerprint density at radius 1 is 1.50 bits per heavy atom. The van der Waals surface area contributed by atoms with Crippen LogP contribution in [0.2, 0.25) is 0 Å². The van der Waals surface area contributed by atoms with Crippen molar-refractivity contribution in [1.82, 2.24) is 9.71 Å². The van der Waals surface area contributed by atoms with Gasteiger partial charge in [0.2, 0.25) is 10.0 Å². The quantitative estimate of drug-likeness (QED) is 0.724. The third-order valence-electron chi connectivity index (χ3n) is 2.56. The molecule has 0 fully saturated rings. The zero-order valence-corrected chi connectivity index (χ0v) is 15.0. The predicted octanol–water partition coefficient (Wildman–Crippen LogP) is 2.70. The van der Waals surface area contributed by atoms with Crippen LogP contribution >= 0.6 is 27.7 Å². The Morgan fingerprint density at radius 3 is 2.80 bits per heavy atom. The highest BCUT2D eigenvalue weighted by atomic mass is 79.9. The molecule has 1 heterocycles. The van der Waals surface area contributed by atoms with Gasteiger partial charge in [0.15, 0.2) is 0 Å². The number of hydrogen-bond donors (Lipinski definition) is 2. The lowest BCUT2D eigenvalue weighted by molar-refractivity contribution is 0.557. The van der Waals surface area contributed by atoms with Gasteiger partial charge in [0.05, 0.1) is 0 Å². The molecule has 0 radical (unpaired) electrons. The highest BCUT2D eigenvalue weighted by Gasteiger charge is 2.22. The van der Waals surface area contributed by atoms with Gasteiger partial charge >= 0.3 is 0 Å². The average molecular weight is 382 g/mol. The number of pyridine rings is 1. The molecule has 0 aliphatic heterocycles. The van der Waals surface area contributed by atoms with Gasteiger partial charge in [-0.2, -0.15) is 11.8 Å². The van der Waals surface area contributed by atoms with Gasteiger partial charge in [0, 0.05) is 23.3 Å². The third-order valence-corrected chi connectivity index (χ3v) is 5.24. The molecular formula is C12H20BrN3O2S2. The van der Waals surface area contributed by atoms with E-state index >= 15 is 0 Å². The summed E-state index contributed by atoms with van der Waals surface area (Å²) in [4.78, 5) is 4.29. The maximum atomic E-state index is 12.4. The molecule has 0 aliphatic rings. The van der Waals surface area contributed by atoms with Crippen LogP contribution in [-0.4, -0.2) is 38.0 Å². The predicted molar refractivity (Wildman–Crippen MR) is 88.9 cm³/mol. The van der Waals surface area contributed by atoms with Crippen LogP contribution in [0.15, 0.2) is 21.6 Å². The van der Waals surface area contributed by atoms with Crippen LogP contribution in [0.1, 0.15) is 20.3 Å². The van der Waals surface area contributed by atoms with E-state index in [1.165, 1.54) is 0 Å². The van der Waals surface area contributed by atoms with Gasteiger partial charge in [-0.1, -0.05) is 0 Å². The van der Waals surface area contributed by atoms with Crippen LogP contribution in [0, 0.1) is 0 Å².